The molecule has 2 saturated heterocycles. The summed E-state index contributed by atoms with van der Waals surface area (Å²) in [7, 11) is 0. The smallest absolute Gasteiger partial charge is 0.251 e. The van der Waals surface area contributed by atoms with Crippen LogP contribution in [0.4, 0.5) is 30.6 Å². The van der Waals surface area contributed by atoms with Gasteiger partial charge in [0.25, 0.3) is 5.95 Å². The van der Waals surface area contributed by atoms with Gasteiger partial charge in [-0.2, -0.15) is 9.37 Å². The third kappa shape index (κ3) is 3.92. The molecule has 38 heavy (non-hydrogen) atoms. The Kier molecular flexibility index (Phi) is 5.61. The zero-order chi connectivity index (χ0) is 25.8. The molecule has 0 spiro atoms. The van der Waals surface area contributed by atoms with E-state index in [9.17, 15) is 13.2 Å². The van der Waals surface area contributed by atoms with Crippen molar-refractivity contribution in [3.05, 3.63) is 59.9 Å². The Hall–Kier alpha value is -3.86. The van der Waals surface area contributed by atoms with Crippen LogP contribution >= 0.6 is 0 Å². The van der Waals surface area contributed by atoms with Crippen LogP contribution in [0.3, 0.4) is 0 Å². The summed E-state index contributed by atoms with van der Waals surface area (Å²) in [5.74, 6) is -2.16. The van der Waals surface area contributed by atoms with Crippen molar-refractivity contribution in [3.8, 4) is 11.4 Å². The molecule has 1 saturated carbocycles. The van der Waals surface area contributed by atoms with Crippen molar-refractivity contribution >= 4 is 28.4 Å². The fraction of sp³-hybridized carbons (Fsp3) is 0.370. The number of rotatable bonds is 5. The third-order valence-corrected chi connectivity index (χ3v) is 7.98. The molecule has 0 aromatic carbocycles. The molecule has 2 N–H and O–H groups in total. The van der Waals surface area contributed by atoms with Crippen LogP contribution in [0.25, 0.3) is 22.3 Å². The highest BCUT2D eigenvalue weighted by molar-refractivity contribution is 5.94. The fourth-order valence-electron chi connectivity index (χ4n) is 5.87. The summed E-state index contributed by atoms with van der Waals surface area (Å²) < 4.78 is 41.1. The molecule has 4 aromatic rings. The Morgan fingerprint density at radius 3 is 2.71 bits per heavy atom. The summed E-state index contributed by atoms with van der Waals surface area (Å²) in [4.78, 5) is 24.5. The highest BCUT2D eigenvalue weighted by Gasteiger charge is 2.39. The summed E-state index contributed by atoms with van der Waals surface area (Å²) in [5.41, 5.74) is 2.63. The van der Waals surface area contributed by atoms with Gasteiger partial charge in [-0.1, -0.05) is 6.42 Å². The first-order chi connectivity index (χ1) is 18.5. The molecule has 194 valence electrons. The van der Waals surface area contributed by atoms with Crippen molar-refractivity contribution in [2.45, 2.75) is 50.1 Å². The first-order valence-corrected chi connectivity index (χ1v) is 13.0. The summed E-state index contributed by atoms with van der Waals surface area (Å²) in [6.45, 7) is 1.90. The lowest BCUT2D eigenvalue weighted by Gasteiger charge is -2.30. The van der Waals surface area contributed by atoms with Gasteiger partial charge < -0.3 is 15.5 Å². The monoisotopic (exact) mass is 518 g/mol. The van der Waals surface area contributed by atoms with Gasteiger partial charge in [-0.3, -0.25) is 4.98 Å². The molecule has 6 heterocycles. The lowest BCUT2D eigenvalue weighted by Crippen LogP contribution is -2.35. The van der Waals surface area contributed by atoms with Gasteiger partial charge in [-0.25, -0.2) is 23.7 Å². The van der Waals surface area contributed by atoms with Crippen LogP contribution < -0.4 is 15.5 Å². The highest BCUT2D eigenvalue weighted by Crippen LogP contribution is 2.43. The fourth-order valence-corrected chi connectivity index (χ4v) is 5.87. The number of halogens is 3. The molecule has 4 aromatic heterocycles. The van der Waals surface area contributed by atoms with Crippen LogP contribution in [-0.4, -0.2) is 50.1 Å². The van der Waals surface area contributed by atoms with Crippen molar-refractivity contribution in [1.29, 1.82) is 0 Å². The molecule has 0 bridgehead atoms. The zero-order valence-electron chi connectivity index (χ0n) is 20.5. The topological polar surface area (TPSA) is 91.8 Å². The largest absolute Gasteiger partial charge is 0.351 e. The van der Waals surface area contributed by atoms with Crippen LogP contribution in [0.2, 0.25) is 0 Å². The second-order valence-corrected chi connectivity index (χ2v) is 10.2. The van der Waals surface area contributed by atoms with Crippen molar-refractivity contribution in [3.63, 3.8) is 0 Å². The zero-order valence-corrected chi connectivity index (χ0v) is 20.5. The van der Waals surface area contributed by atoms with Gasteiger partial charge in [-0.15, -0.1) is 0 Å². The van der Waals surface area contributed by atoms with E-state index in [1.807, 2.05) is 6.20 Å². The van der Waals surface area contributed by atoms with Gasteiger partial charge in [0.1, 0.15) is 11.6 Å². The van der Waals surface area contributed by atoms with Gasteiger partial charge >= 0.3 is 0 Å². The predicted molar refractivity (Wildman–Crippen MR) is 137 cm³/mol. The van der Waals surface area contributed by atoms with Crippen molar-refractivity contribution in [2.24, 2.45) is 0 Å². The average molecular weight is 519 g/mol. The molecule has 11 heteroatoms. The van der Waals surface area contributed by atoms with Crippen molar-refractivity contribution in [2.75, 3.05) is 23.3 Å². The van der Waals surface area contributed by atoms with Crippen molar-refractivity contribution < 1.29 is 13.2 Å². The molecular formula is C27H25F3N8. The van der Waals surface area contributed by atoms with E-state index in [0.717, 1.165) is 55.5 Å². The second kappa shape index (κ2) is 9.16. The second-order valence-electron chi connectivity index (χ2n) is 10.2. The highest BCUT2D eigenvalue weighted by atomic mass is 19.2. The number of pyridine rings is 3. The Labute approximate surface area is 216 Å². The van der Waals surface area contributed by atoms with E-state index < -0.39 is 23.4 Å². The minimum absolute atomic E-state index is 0.202. The van der Waals surface area contributed by atoms with E-state index in [-0.39, 0.29) is 5.82 Å². The number of anilines is 3. The summed E-state index contributed by atoms with van der Waals surface area (Å²) in [5, 5.41) is 7.32. The molecule has 1 aliphatic carbocycles. The van der Waals surface area contributed by atoms with Gasteiger partial charge in [0.05, 0.1) is 11.7 Å². The SMILES string of the molecule is Fc1cc(F)c(Nc2cc(-c3nc(N4CCC5NCCC54)c4c(C5CCC5)cncc4n3)ccn2)nc1F. The third-order valence-electron chi connectivity index (χ3n) is 7.98. The van der Waals surface area contributed by atoms with Crippen LogP contribution in [-0.2, 0) is 0 Å². The molecule has 2 unspecified atom stereocenters. The summed E-state index contributed by atoms with van der Waals surface area (Å²) in [6, 6.07) is 4.67. The maximum Gasteiger partial charge on any atom is 0.251 e. The Morgan fingerprint density at radius 1 is 0.974 bits per heavy atom. The van der Waals surface area contributed by atoms with E-state index in [4.69, 9.17) is 9.97 Å². The van der Waals surface area contributed by atoms with Gasteiger partial charge in [0, 0.05) is 48.0 Å². The minimum Gasteiger partial charge on any atom is -0.351 e. The molecule has 0 amide bonds. The lowest BCUT2D eigenvalue weighted by molar-refractivity contribution is 0.421. The Bertz CT molecular complexity index is 1540. The number of fused-ring (bicyclic) bond motifs is 2. The molecule has 2 aliphatic heterocycles. The first kappa shape index (κ1) is 23.3. The number of hydrogen-bond donors (Lipinski definition) is 2. The first-order valence-electron chi connectivity index (χ1n) is 13.0. The van der Waals surface area contributed by atoms with Crippen LogP contribution in [0.15, 0.2) is 36.8 Å². The van der Waals surface area contributed by atoms with Crippen molar-refractivity contribution in [1.82, 2.24) is 30.2 Å². The summed E-state index contributed by atoms with van der Waals surface area (Å²) in [6.07, 6.45) is 10.9. The number of nitrogens with zero attached hydrogens (tertiary/aromatic N) is 6. The number of nitrogens with one attached hydrogen (secondary N) is 2. The maximum absolute atomic E-state index is 14.2. The summed E-state index contributed by atoms with van der Waals surface area (Å²) >= 11 is 0. The van der Waals surface area contributed by atoms with E-state index in [1.165, 1.54) is 18.2 Å². The van der Waals surface area contributed by atoms with Crippen LogP contribution in [0, 0.1) is 17.6 Å². The van der Waals surface area contributed by atoms with E-state index in [2.05, 4.69) is 30.5 Å². The number of hydrogen-bond acceptors (Lipinski definition) is 8. The molecule has 7 rings (SSSR count). The normalized spacial score (nSPS) is 21.1. The Morgan fingerprint density at radius 2 is 1.87 bits per heavy atom. The van der Waals surface area contributed by atoms with Crippen LogP contribution in [0.1, 0.15) is 43.6 Å². The predicted octanol–water partition coefficient (Wildman–Crippen LogP) is 4.85. The average Bonchev–Trinajstić information content (AvgIpc) is 3.50. The van der Waals surface area contributed by atoms with Crippen LogP contribution in [0.5, 0.6) is 0 Å². The maximum atomic E-state index is 14.2. The Balaban J connectivity index is 1.32. The molecule has 3 fully saturated rings. The number of aromatic nitrogens is 5. The standard InChI is InChI=1S/C27H25F3N8/c28-17-11-18(29)26(36-24(17)30)35-22-10-15(4-7-33-22)25-34-20-13-31-12-16(14-2-1-3-14)23(20)27(37-25)38-9-6-19-21(38)5-8-32-19/h4,7,10-14,19,21,32H,1-3,5-6,8-9H2,(H,33,35,36). The molecule has 2 atom stereocenters. The molecule has 0 radical (unpaired) electrons. The minimum atomic E-state index is -1.40. The quantitative estimate of drug-likeness (QED) is 0.363. The molecular weight excluding hydrogens is 493 g/mol. The molecule has 8 nitrogen and oxygen atoms in total. The van der Waals surface area contributed by atoms with Gasteiger partial charge in [0.15, 0.2) is 23.3 Å². The van der Waals surface area contributed by atoms with Gasteiger partial charge in [0.2, 0.25) is 0 Å². The van der Waals surface area contributed by atoms with E-state index >= 15 is 0 Å². The van der Waals surface area contributed by atoms with E-state index in [1.54, 1.807) is 18.3 Å². The molecule has 3 aliphatic rings. The van der Waals surface area contributed by atoms with E-state index in [0.29, 0.717) is 35.5 Å². The lowest BCUT2D eigenvalue weighted by atomic mass is 9.79. The van der Waals surface area contributed by atoms with Gasteiger partial charge in [-0.05, 0) is 55.8 Å².